The minimum Gasteiger partial charge on any atom is -0.349 e. The van der Waals surface area contributed by atoms with Crippen LogP contribution in [0.2, 0.25) is 0 Å². The van der Waals surface area contributed by atoms with Crippen molar-refractivity contribution in [2.24, 2.45) is 11.7 Å². The van der Waals surface area contributed by atoms with Crippen LogP contribution in [0.25, 0.3) is 11.0 Å². The first-order valence-electron chi connectivity index (χ1n) is 7.35. The zero-order chi connectivity index (χ0) is 15.5. The third kappa shape index (κ3) is 4.45. The highest BCUT2D eigenvalue weighted by molar-refractivity contribution is 5.87. The lowest BCUT2D eigenvalue weighted by Crippen LogP contribution is -2.52. The van der Waals surface area contributed by atoms with Gasteiger partial charge >= 0.3 is 0 Å². The molecule has 2 aromatic heterocycles. The Labute approximate surface area is 137 Å². The van der Waals surface area contributed by atoms with Gasteiger partial charge in [0, 0.05) is 29.9 Å². The second kappa shape index (κ2) is 7.61. The fourth-order valence-electron chi connectivity index (χ4n) is 2.80. The molecule has 0 aliphatic carbocycles. The number of nitrogens with zero attached hydrogens (tertiary/aromatic N) is 1. The van der Waals surface area contributed by atoms with Crippen molar-refractivity contribution in [3.05, 3.63) is 30.1 Å². The molecule has 0 aromatic carbocycles. The van der Waals surface area contributed by atoms with Gasteiger partial charge < -0.3 is 16.0 Å². The SMILES string of the molecule is CC(C)CC(C)(CN)NC(=O)Cc1c[nH]c2ncccc12.Cl. The molecule has 0 aliphatic heterocycles. The van der Waals surface area contributed by atoms with Gasteiger partial charge in [0.25, 0.3) is 0 Å². The van der Waals surface area contributed by atoms with E-state index in [0.29, 0.717) is 18.9 Å². The summed E-state index contributed by atoms with van der Waals surface area (Å²) in [6.07, 6.45) is 4.78. The highest BCUT2D eigenvalue weighted by Crippen LogP contribution is 2.18. The average molecular weight is 325 g/mol. The number of aromatic nitrogens is 2. The third-order valence-electron chi connectivity index (χ3n) is 3.64. The third-order valence-corrected chi connectivity index (χ3v) is 3.64. The number of fused-ring (bicyclic) bond motifs is 1. The second-order valence-corrected chi connectivity index (χ2v) is 6.30. The number of halogens is 1. The summed E-state index contributed by atoms with van der Waals surface area (Å²) in [4.78, 5) is 19.6. The van der Waals surface area contributed by atoms with Gasteiger partial charge in [-0.3, -0.25) is 4.79 Å². The molecule has 22 heavy (non-hydrogen) atoms. The van der Waals surface area contributed by atoms with Gasteiger partial charge in [0.05, 0.1) is 6.42 Å². The number of nitrogens with two attached hydrogens (primary N) is 1. The predicted molar refractivity (Wildman–Crippen MR) is 92.1 cm³/mol. The van der Waals surface area contributed by atoms with Crippen molar-refractivity contribution >= 4 is 29.3 Å². The number of rotatable bonds is 6. The molecule has 122 valence electrons. The van der Waals surface area contributed by atoms with E-state index in [2.05, 4.69) is 29.1 Å². The van der Waals surface area contributed by atoms with E-state index in [9.17, 15) is 4.79 Å². The maximum atomic E-state index is 12.3. The molecular weight excluding hydrogens is 300 g/mol. The normalized spacial score (nSPS) is 13.7. The minimum absolute atomic E-state index is 0. The number of hydrogen-bond acceptors (Lipinski definition) is 3. The van der Waals surface area contributed by atoms with Gasteiger partial charge in [-0.05, 0) is 37.0 Å². The maximum absolute atomic E-state index is 12.3. The summed E-state index contributed by atoms with van der Waals surface area (Å²) >= 11 is 0. The molecule has 4 N–H and O–H groups in total. The quantitative estimate of drug-likeness (QED) is 0.763. The molecule has 0 saturated heterocycles. The van der Waals surface area contributed by atoms with Crippen molar-refractivity contribution in [3.8, 4) is 0 Å². The minimum atomic E-state index is -0.352. The molecule has 0 aliphatic rings. The molecular formula is C16H25ClN4O. The number of pyridine rings is 1. The van der Waals surface area contributed by atoms with E-state index in [1.54, 1.807) is 6.20 Å². The fraction of sp³-hybridized carbons (Fsp3) is 0.500. The van der Waals surface area contributed by atoms with E-state index >= 15 is 0 Å². The monoisotopic (exact) mass is 324 g/mol. The molecule has 2 rings (SSSR count). The second-order valence-electron chi connectivity index (χ2n) is 6.30. The molecule has 0 radical (unpaired) electrons. The first kappa shape index (κ1) is 18.5. The molecule has 2 aromatic rings. The van der Waals surface area contributed by atoms with Crippen molar-refractivity contribution in [1.82, 2.24) is 15.3 Å². The van der Waals surface area contributed by atoms with Crippen LogP contribution in [0.5, 0.6) is 0 Å². The topological polar surface area (TPSA) is 83.8 Å². The van der Waals surface area contributed by atoms with Crippen LogP contribution in [-0.4, -0.2) is 28.0 Å². The van der Waals surface area contributed by atoms with E-state index < -0.39 is 0 Å². The molecule has 5 nitrogen and oxygen atoms in total. The van der Waals surface area contributed by atoms with E-state index in [-0.39, 0.29) is 23.9 Å². The fourth-order valence-corrected chi connectivity index (χ4v) is 2.80. The number of aromatic amines is 1. The summed E-state index contributed by atoms with van der Waals surface area (Å²) in [5, 5.41) is 4.07. The molecule has 2 heterocycles. The maximum Gasteiger partial charge on any atom is 0.224 e. The summed E-state index contributed by atoms with van der Waals surface area (Å²) in [6, 6.07) is 3.85. The molecule has 0 fully saturated rings. The van der Waals surface area contributed by atoms with Gasteiger partial charge in [0.15, 0.2) is 0 Å². The first-order chi connectivity index (χ1) is 9.93. The molecule has 0 saturated carbocycles. The largest absolute Gasteiger partial charge is 0.349 e. The van der Waals surface area contributed by atoms with Crippen LogP contribution in [0.3, 0.4) is 0 Å². The van der Waals surface area contributed by atoms with E-state index in [1.807, 2.05) is 25.3 Å². The number of carbonyl (C=O) groups is 1. The van der Waals surface area contributed by atoms with Gasteiger partial charge in [-0.2, -0.15) is 0 Å². The zero-order valence-electron chi connectivity index (χ0n) is 13.3. The van der Waals surface area contributed by atoms with Crippen LogP contribution in [0.15, 0.2) is 24.5 Å². The Bertz CT molecular complexity index is 625. The van der Waals surface area contributed by atoms with Crippen LogP contribution in [0.1, 0.15) is 32.8 Å². The van der Waals surface area contributed by atoms with Crippen LogP contribution in [0.4, 0.5) is 0 Å². The smallest absolute Gasteiger partial charge is 0.224 e. The molecule has 1 unspecified atom stereocenters. The molecule has 1 atom stereocenters. The van der Waals surface area contributed by atoms with Crippen LogP contribution < -0.4 is 11.1 Å². The number of hydrogen-bond donors (Lipinski definition) is 3. The van der Waals surface area contributed by atoms with E-state index in [0.717, 1.165) is 23.0 Å². The average Bonchev–Trinajstić information content (AvgIpc) is 2.81. The van der Waals surface area contributed by atoms with E-state index in [4.69, 9.17) is 5.73 Å². The van der Waals surface area contributed by atoms with Crippen LogP contribution in [0, 0.1) is 5.92 Å². The summed E-state index contributed by atoms with van der Waals surface area (Å²) in [5.74, 6) is 0.476. The zero-order valence-corrected chi connectivity index (χ0v) is 14.2. The first-order valence-corrected chi connectivity index (χ1v) is 7.35. The lowest BCUT2D eigenvalue weighted by Gasteiger charge is -2.31. The van der Waals surface area contributed by atoms with E-state index in [1.165, 1.54) is 0 Å². The molecule has 6 heteroatoms. The van der Waals surface area contributed by atoms with Crippen molar-refractivity contribution < 1.29 is 4.79 Å². The molecule has 1 amide bonds. The Morgan fingerprint density at radius 1 is 1.50 bits per heavy atom. The van der Waals surface area contributed by atoms with Crippen LogP contribution in [-0.2, 0) is 11.2 Å². The van der Waals surface area contributed by atoms with Crippen molar-refractivity contribution in [3.63, 3.8) is 0 Å². The summed E-state index contributed by atoms with van der Waals surface area (Å²) in [5.41, 5.74) is 7.25. The Morgan fingerprint density at radius 3 is 2.86 bits per heavy atom. The van der Waals surface area contributed by atoms with Gasteiger partial charge in [-0.25, -0.2) is 4.98 Å². The van der Waals surface area contributed by atoms with Gasteiger partial charge in [-0.15, -0.1) is 12.4 Å². The van der Waals surface area contributed by atoms with Crippen LogP contribution >= 0.6 is 12.4 Å². The van der Waals surface area contributed by atoms with Gasteiger partial charge in [0.1, 0.15) is 5.65 Å². The molecule has 0 bridgehead atoms. The summed E-state index contributed by atoms with van der Waals surface area (Å²) in [7, 11) is 0. The Kier molecular flexibility index (Phi) is 6.38. The lowest BCUT2D eigenvalue weighted by molar-refractivity contribution is -0.122. The Morgan fingerprint density at radius 2 is 2.23 bits per heavy atom. The van der Waals surface area contributed by atoms with Crippen molar-refractivity contribution in [2.45, 2.75) is 39.2 Å². The van der Waals surface area contributed by atoms with Crippen molar-refractivity contribution in [1.29, 1.82) is 0 Å². The number of nitrogens with one attached hydrogen (secondary N) is 2. The van der Waals surface area contributed by atoms with Crippen molar-refractivity contribution in [2.75, 3.05) is 6.54 Å². The highest BCUT2D eigenvalue weighted by atomic mass is 35.5. The molecule has 0 spiro atoms. The Hall–Kier alpha value is -1.59. The predicted octanol–water partition coefficient (Wildman–Crippen LogP) is 2.41. The summed E-state index contributed by atoms with van der Waals surface area (Å²) in [6.45, 7) is 6.70. The lowest BCUT2D eigenvalue weighted by atomic mass is 9.90. The van der Waals surface area contributed by atoms with Gasteiger partial charge in [0.2, 0.25) is 5.91 Å². The number of H-pyrrole nitrogens is 1. The standard InChI is InChI=1S/C16H24N4O.ClH/c1-11(2)8-16(3,10-17)20-14(21)7-12-9-19-15-13(12)5-4-6-18-15;/h4-6,9,11H,7-8,10,17H2,1-3H3,(H,18,19)(H,20,21);1H. The summed E-state index contributed by atoms with van der Waals surface area (Å²) < 4.78 is 0. The number of carbonyl (C=O) groups excluding carboxylic acids is 1. The highest BCUT2D eigenvalue weighted by Gasteiger charge is 2.26. The Balaban J connectivity index is 0.00000242. The number of amides is 1. The van der Waals surface area contributed by atoms with Gasteiger partial charge in [-0.1, -0.05) is 13.8 Å².